The maximum atomic E-state index is 11.4. The van der Waals surface area contributed by atoms with Crippen LogP contribution in [-0.2, 0) is 9.47 Å². The first-order valence-electron chi connectivity index (χ1n) is 4.71. The lowest BCUT2D eigenvalue weighted by Gasteiger charge is -2.27. The third kappa shape index (κ3) is 3.93. The number of ether oxygens (including phenoxy) is 2. The highest BCUT2D eigenvalue weighted by Crippen LogP contribution is 2.05. The molecule has 82 valence electrons. The summed E-state index contributed by atoms with van der Waals surface area (Å²) in [5.74, 6) is 0. The number of carbonyl (C=O) groups is 1. The lowest BCUT2D eigenvalue weighted by atomic mass is 10.2. The Bertz CT molecular complexity index is 193. The average Bonchev–Trinajstić information content (AvgIpc) is 2.14. The van der Waals surface area contributed by atoms with E-state index >= 15 is 0 Å². The van der Waals surface area contributed by atoms with Crippen molar-refractivity contribution in [2.24, 2.45) is 0 Å². The first kappa shape index (κ1) is 11.3. The van der Waals surface area contributed by atoms with Gasteiger partial charge in [-0.15, -0.1) is 0 Å². The number of morpholine rings is 1. The van der Waals surface area contributed by atoms with Gasteiger partial charge in [0.1, 0.15) is 6.61 Å². The van der Waals surface area contributed by atoms with E-state index in [9.17, 15) is 9.90 Å². The van der Waals surface area contributed by atoms with Crippen molar-refractivity contribution in [3.05, 3.63) is 0 Å². The van der Waals surface area contributed by atoms with Crippen LogP contribution >= 0.6 is 0 Å². The Morgan fingerprint density at radius 3 is 2.57 bits per heavy atom. The van der Waals surface area contributed by atoms with Crippen LogP contribution in [0.25, 0.3) is 0 Å². The van der Waals surface area contributed by atoms with Crippen LogP contribution in [0.15, 0.2) is 0 Å². The molecule has 1 fully saturated rings. The van der Waals surface area contributed by atoms with Crippen molar-refractivity contribution in [3.63, 3.8) is 0 Å². The Labute approximate surface area is 83.6 Å². The van der Waals surface area contributed by atoms with Gasteiger partial charge in [-0.3, -0.25) is 0 Å². The second-order valence-electron chi connectivity index (χ2n) is 3.97. The van der Waals surface area contributed by atoms with E-state index in [1.807, 2.05) is 0 Å². The van der Waals surface area contributed by atoms with Crippen molar-refractivity contribution in [1.29, 1.82) is 0 Å². The van der Waals surface area contributed by atoms with E-state index in [4.69, 9.17) is 9.47 Å². The van der Waals surface area contributed by atoms with Crippen LogP contribution in [0.1, 0.15) is 13.8 Å². The zero-order chi connectivity index (χ0) is 10.6. The number of amides is 1. The Morgan fingerprint density at radius 2 is 2.07 bits per heavy atom. The molecule has 0 spiro atoms. The van der Waals surface area contributed by atoms with Crippen molar-refractivity contribution in [1.82, 2.24) is 4.90 Å². The van der Waals surface area contributed by atoms with Gasteiger partial charge in [-0.1, -0.05) is 0 Å². The normalized spacial score (nSPS) is 18.1. The quantitative estimate of drug-likeness (QED) is 0.697. The van der Waals surface area contributed by atoms with Gasteiger partial charge in [0.2, 0.25) is 0 Å². The van der Waals surface area contributed by atoms with Crippen LogP contribution in [0.3, 0.4) is 0 Å². The molecule has 0 aromatic heterocycles. The van der Waals surface area contributed by atoms with Crippen LogP contribution in [0.2, 0.25) is 0 Å². The van der Waals surface area contributed by atoms with Crippen molar-refractivity contribution in [3.8, 4) is 0 Å². The van der Waals surface area contributed by atoms with E-state index in [0.29, 0.717) is 26.3 Å². The minimum absolute atomic E-state index is 0.0171. The average molecular weight is 203 g/mol. The Kier molecular flexibility index (Phi) is 3.71. The molecule has 0 radical (unpaired) electrons. The SMILES string of the molecule is CC(C)(O)COC(=O)N1CCOCC1. The molecule has 5 heteroatoms. The molecule has 1 saturated heterocycles. The van der Waals surface area contributed by atoms with E-state index in [0.717, 1.165) is 0 Å². The fourth-order valence-corrected chi connectivity index (χ4v) is 1.08. The highest BCUT2D eigenvalue weighted by Gasteiger charge is 2.21. The van der Waals surface area contributed by atoms with Gasteiger partial charge < -0.3 is 19.5 Å². The Morgan fingerprint density at radius 1 is 1.50 bits per heavy atom. The van der Waals surface area contributed by atoms with Gasteiger partial charge in [0.05, 0.1) is 18.8 Å². The lowest BCUT2D eigenvalue weighted by Crippen LogP contribution is -2.42. The maximum absolute atomic E-state index is 11.4. The summed E-state index contributed by atoms with van der Waals surface area (Å²) in [5.41, 5.74) is -0.970. The first-order valence-corrected chi connectivity index (χ1v) is 4.71. The molecule has 0 bridgehead atoms. The molecule has 0 unspecified atom stereocenters. The summed E-state index contributed by atoms with van der Waals surface area (Å²) in [6, 6.07) is 0. The van der Waals surface area contributed by atoms with Crippen LogP contribution < -0.4 is 0 Å². The molecule has 5 nitrogen and oxygen atoms in total. The molecule has 1 amide bonds. The largest absolute Gasteiger partial charge is 0.446 e. The lowest BCUT2D eigenvalue weighted by molar-refractivity contribution is -0.0173. The van der Waals surface area contributed by atoms with Gasteiger partial charge in [-0.25, -0.2) is 4.79 Å². The standard InChI is InChI=1S/C9H17NO4/c1-9(2,12)7-14-8(11)10-3-5-13-6-4-10/h12H,3-7H2,1-2H3. The minimum atomic E-state index is -0.970. The summed E-state index contributed by atoms with van der Waals surface area (Å²) < 4.78 is 10.0. The Balaban J connectivity index is 2.27. The van der Waals surface area contributed by atoms with Gasteiger partial charge in [0.25, 0.3) is 0 Å². The molecule has 1 aliphatic heterocycles. The molecule has 0 aromatic rings. The molecule has 0 saturated carbocycles. The number of rotatable bonds is 2. The zero-order valence-corrected chi connectivity index (χ0v) is 8.65. The summed E-state index contributed by atoms with van der Waals surface area (Å²) in [4.78, 5) is 13.0. The minimum Gasteiger partial charge on any atom is -0.446 e. The molecule has 1 aliphatic rings. The van der Waals surface area contributed by atoms with Crippen LogP contribution in [-0.4, -0.2) is 54.6 Å². The van der Waals surface area contributed by atoms with Crippen LogP contribution in [0.4, 0.5) is 4.79 Å². The van der Waals surface area contributed by atoms with E-state index in [2.05, 4.69) is 0 Å². The summed E-state index contributed by atoms with van der Waals surface area (Å²) in [6.45, 7) is 5.44. The van der Waals surface area contributed by atoms with E-state index in [-0.39, 0.29) is 12.7 Å². The van der Waals surface area contributed by atoms with E-state index in [1.54, 1.807) is 18.7 Å². The number of nitrogens with zero attached hydrogens (tertiary/aromatic N) is 1. The third-order valence-corrected chi connectivity index (χ3v) is 1.82. The van der Waals surface area contributed by atoms with Gasteiger partial charge >= 0.3 is 6.09 Å². The van der Waals surface area contributed by atoms with Crippen molar-refractivity contribution in [2.45, 2.75) is 19.4 Å². The fraction of sp³-hybridized carbons (Fsp3) is 0.889. The molecule has 1 heterocycles. The third-order valence-electron chi connectivity index (χ3n) is 1.82. The molecule has 0 aromatic carbocycles. The number of hydrogen-bond acceptors (Lipinski definition) is 4. The van der Waals surface area contributed by atoms with Gasteiger partial charge in [0.15, 0.2) is 0 Å². The van der Waals surface area contributed by atoms with Gasteiger partial charge in [-0.05, 0) is 13.8 Å². The molecule has 0 aliphatic carbocycles. The second kappa shape index (κ2) is 4.61. The molecule has 0 atom stereocenters. The number of aliphatic hydroxyl groups is 1. The van der Waals surface area contributed by atoms with Crippen LogP contribution in [0, 0.1) is 0 Å². The molecular formula is C9H17NO4. The van der Waals surface area contributed by atoms with Crippen molar-refractivity contribution >= 4 is 6.09 Å². The summed E-state index contributed by atoms with van der Waals surface area (Å²) in [7, 11) is 0. The number of hydrogen-bond donors (Lipinski definition) is 1. The second-order valence-corrected chi connectivity index (χ2v) is 3.97. The highest BCUT2D eigenvalue weighted by molar-refractivity contribution is 5.67. The maximum Gasteiger partial charge on any atom is 0.410 e. The predicted octanol–water partition coefficient (Wildman–Crippen LogP) is 0.226. The van der Waals surface area contributed by atoms with Crippen molar-refractivity contribution < 1.29 is 19.4 Å². The van der Waals surface area contributed by atoms with E-state index in [1.165, 1.54) is 0 Å². The first-order chi connectivity index (χ1) is 6.49. The van der Waals surface area contributed by atoms with Crippen LogP contribution in [0.5, 0.6) is 0 Å². The predicted molar refractivity (Wildman–Crippen MR) is 50.0 cm³/mol. The smallest absolute Gasteiger partial charge is 0.410 e. The summed E-state index contributed by atoms with van der Waals surface area (Å²) >= 11 is 0. The topological polar surface area (TPSA) is 59.0 Å². The zero-order valence-electron chi connectivity index (χ0n) is 8.65. The monoisotopic (exact) mass is 203 g/mol. The highest BCUT2D eigenvalue weighted by atomic mass is 16.6. The summed E-state index contributed by atoms with van der Waals surface area (Å²) in [6.07, 6.45) is -0.379. The van der Waals surface area contributed by atoms with Gasteiger partial charge in [0, 0.05) is 13.1 Å². The summed E-state index contributed by atoms with van der Waals surface area (Å²) in [5, 5.41) is 9.34. The molecular weight excluding hydrogens is 186 g/mol. The van der Waals surface area contributed by atoms with E-state index < -0.39 is 5.60 Å². The van der Waals surface area contributed by atoms with Crippen molar-refractivity contribution in [2.75, 3.05) is 32.9 Å². The van der Waals surface area contributed by atoms with Gasteiger partial charge in [-0.2, -0.15) is 0 Å². The fourth-order valence-electron chi connectivity index (χ4n) is 1.08. The molecule has 14 heavy (non-hydrogen) atoms. The molecule has 1 N–H and O–H groups in total. The Hall–Kier alpha value is -0.810. The number of carbonyl (C=O) groups excluding carboxylic acids is 1. The molecule has 1 rings (SSSR count).